The van der Waals surface area contributed by atoms with Crippen molar-refractivity contribution >= 4 is 10.0 Å². The van der Waals surface area contributed by atoms with E-state index in [2.05, 4.69) is 9.88 Å². The van der Waals surface area contributed by atoms with E-state index in [4.69, 9.17) is 10.3 Å². The SMILES string of the molecule is Cc1noc(C)c1S(=O)(=O)NC[C@@H](N)c1ccccc1. The molecule has 0 aliphatic rings. The van der Waals surface area contributed by atoms with Crippen LogP contribution in [0.5, 0.6) is 0 Å². The lowest BCUT2D eigenvalue weighted by Crippen LogP contribution is -2.32. The zero-order valence-corrected chi connectivity index (χ0v) is 12.1. The van der Waals surface area contributed by atoms with Gasteiger partial charge in [-0.15, -0.1) is 0 Å². The smallest absolute Gasteiger partial charge is 0.246 e. The number of sulfonamides is 1. The molecule has 0 aliphatic carbocycles. The molecular formula is C13H17N3O3S. The first-order valence-corrected chi connectivity index (χ1v) is 7.63. The molecule has 0 amide bonds. The van der Waals surface area contributed by atoms with Crippen molar-refractivity contribution in [3.63, 3.8) is 0 Å². The van der Waals surface area contributed by atoms with Gasteiger partial charge in [-0.3, -0.25) is 0 Å². The number of hydrogen-bond acceptors (Lipinski definition) is 5. The Morgan fingerprint density at radius 2 is 1.95 bits per heavy atom. The molecule has 108 valence electrons. The summed E-state index contributed by atoms with van der Waals surface area (Å²) >= 11 is 0. The molecule has 1 atom stereocenters. The summed E-state index contributed by atoms with van der Waals surface area (Å²) in [5.41, 5.74) is 7.17. The lowest BCUT2D eigenvalue weighted by Gasteiger charge is -2.13. The molecule has 0 fully saturated rings. The zero-order valence-electron chi connectivity index (χ0n) is 11.3. The van der Waals surface area contributed by atoms with E-state index in [9.17, 15) is 8.42 Å². The van der Waals surface area contributed by atoms with E-state index in [1.54, 1.807) is 13.8 Å². The fourth-order valence-corrected chi connectivity index (χ4v) is 3.33. The van der Waals surface area contributed by atoms with Crippen molar-refractivity contribution in [2.24, 2.45) is 5.73 Å². The van der Waals surface area contributed by atoms with Crippen LogP contribution in [0.1, 0.15) is 23.1 Å². The van der Waals surface area contributed by atoms with Crippen LogP contribution in [0.4, 0.5) is 0 Å². The van der Waals surface area contributed by atoms with Gasteiger partial charge < -0.3 is 10.3 Å². The van der Waals surface area contributed by atoms with E-state index in [1.807, 2.05) is 30.3 Å². The molecule has 0 saturated carbocycles. The van der Waals surface area contributed by atoms with Crippen molar-refractivity contribution in [1.29, 1.82) is 0 Å². The maximum atomic E-state index is 12.2. The molecule has 0 saturated heterocycles. The molecule has 0 spiro atoms. The molecule has 0 bridgehead atoms. The maximum absolute atomic E-state index is 12.2. The van der Waals surface area contributed by atoms with Gasteiger partial charge in [0.25, 0.3) is 0 Å². The van der Waals surface area contributed by atoms with Crippen LogP contribution in [-0.4, -0.2) is 20.1 Å². The number of nitrogens with zero attached hydrogens (tertiary/aromatic N) is 1. The number of hydrogen-bond donors (Lipinski definition) is 2. The van der Waals surface area contributed by atoms with Gasteiger partial charge in [-0.2, -0.15) is 0 Å². The third kappa shape index (κ3) is 3.06. The van der Waals surface area contributed by atoms with Crippen LogP contribution < -0.4 is 10.5 Å². The van der Waals surface area contributed by atoms with Gasteiger partial charge in [-0.25, -0.2) is 13.1 Å². The van der Waals surface area contributed by atoms with Gasteiger partial charge in [-0.1, -0.05) is 35.5 Å². The van der Waals surface area contributed by atoms with Crippen LogP contribution in [0.2, 0.25) is 0 Å². The number of nitrogens with one attached hydrogen (secondary N) is 1. The topological polar surface area (TPSA) is 98.2 Å². The fraction of sp³-hybridized carbons (Fsp3) is 0.308. The Bertz CT molecular complexity index is 661. The number of nitrogens with two attached hydrogens (primary N) is 1. The lowest BCUT2D eigenvalue weighted by atomic mass is 10.1. The van der Waals surface area contributed by atoms with Crippen LogP contribution in [0.15, 0.2) is 39.8 Å². The van der Waals surface area contributed by atoms with Gasteiger partial charge in [0.05, 0.1) is 0 Å². The minimum Gasteiger partial charge on any atom is -0.360 e. The minimum absolute atomic E-state index is 0.0813. The molecule has 6 nitrogen and oxygen atoms in total. The van der Waals surface area contributed by atoms with Gasteiger partial charge in [-0.05, 0) is 19.4 Å². The molecule has 1 aromatic carbocycles. The summed E-state index contributed by atoms with van der Waals surface area (Å²) in [5, 5.41) is 3.64. The fourth-order valence-electron chi connectivity index (χ4n) is 1.95. The standard InChI is InChI=1S/C13H17N3O3S/c1-9-13(10(2)19-16-9)20(17,18)15-8-12(14)11-6-4-3-5-7-11/h3-7,12,15H,8,14H2,1-2H3/t12-/m1/s1. The van der Waals surface area contributed by atoms with Gasteiger partial charge in [0.1, 0.15) is 10.6 Å². The zero-order chi connectivity index (χ0) is 14.8. The number of benzene rings is 1. The van der Waals surface area contributed by atoms with Crippen LogP contribution in [0, 0.1) is 13.8 Å². The Hall–Kier alpha value is -1.70. The highest BCUT2D eigenvalue weighted by molar-refractivity contribution is 7.89. The summed E-state index contributed by atoms with van der Waals surface area (Å²) in [6.45, 7) is 3.25. The van der Waals surface area contributed by atoms with Crippen LogP contribution in [0.3, 0.4) is 0 Å². The first kappa shape index (κ1) is 14.7. The second-order valence-corrected chi connectivity index (χ2v) is 6.23. The molecule has 2 rings (SSSR count). The average molecular weight is 295 g/mol. The second-order valence-electron chi connectivity index (χ2n) is 4.52. The lowest BCUT2D eigenvalue weighted by molar-refractivity contribution is 0.390. The van der Waals surface area contributed by atoms with E-state index in [1.165, 1.54) is 0 Å². The van der Waals surface area contributed by atoms with Crippen LogP contribution in [-0.2, 0) is 10.0 Å². The largest absolute Gasteiger partial charge is 0.360 e. The quantitative estimate of drug-likeness (QED) is 0.865. The van der Waals surface area contributed by atoms with E-state index >= 15 is 0 Å². The van der Waals surface area contributed by atoms with Crippen molar-refractivity contribution < 1.29 is 12.9 Å². The highest BCUT2D eigenvalue weighted by Gasteiger charge is 2.24. The molecule has 7 heteroatoms. The monoisotopic (exact) mass is 295 g/mol. The van der Waals surface area contributed by atoms with E-state index in [0.29, 0.717) is 5.69 Å². The van der Waals surface area contributed by atoms with Crippen LogP contribution in [0.25, 0.3) is 0 Å². The minimum atomic E-state index is -3.67. The Morgan fingerprint density at radius 3 is 2.50 bits per heavy atom. The van der Waals surface area contributed by atoms with Crippen LogP contribution >= 0.6 is 0 Å². The predicted molar refractivity (Wildman–Crippen MR) is 74.5 cm³/mol. The normalized spacial score (nSPS) is 13.3. The molecule has 20 heavy (non-hydrogen) atoms. The molecule has 1 aromatic heterocycles. The molecule has 0 radical (unpaired) electrons. The molecule has 1 heterocycles. The Labute approximate surface area is 118 Å². The molecule has 0 aliphatic heterocycles. The highest BCUT2D eigenvalue weighted by atomic mass is 32.2. The Balaban J connectivity index is 2.11. The summed E-state index contributed by atoms with van der Waals surface area (Å²) in [6, 6.07) is 8.90. The van der Waals surface area contributed by atoms with Crippen molar-refractivity contribution in [3.8, 4) is 0 Å². The van der Waals surface area contributed by atoms with Gasteiger partial charge in [0.2, 0.25) is 10.0 Å². The maximum Gasteiger partial charge on any atom is 0.246 e. The Morgan fingerprint density at radius 1 is 1.30 bits per heavy atom. The van der Waals surface area contributed by atoms with Crippen molar-refractivity contribution in [2.75, 3.05) is 6.54 Å². The number of rotatable bonds is 5. The predicted octanol–water partition coefficient (Wildman–Crippen LogP) is 1.27. The van der Waals surface area contributed by atoms with E-state index in [-0.39, 0.29) is 17.2 Å². The average Bonchev–Trinajstić information content (AvgIpc) is 2.77. The molecule has 2 aromatic rings. The number of aryl methyl sites for hydroxylation is 2. The summed E-state index contributed by atoms with van der Waals surface area (Å²) in [4.78, 5) is 0.0813. The van der Waals surface area contributed by atoms with Gasteiger partial charge in [0.15, 0.2) is 5.76 Å². The first-order valence-electron chi connectivity index (χ1n) is 6.15. The van der Waals surface area contributed by atoms with Crippen molar-refractivity contribution in [1.82, 2.24) is 9.88 Å². The van der Waals surface area contributed by atoms with Crippen molar-refractivity contribution in [3.05, 3.63) is 47.3 Å². The highest BCUT2D eigenvalue weighted by Crippen LogP contribution is 2.19. The summed E-state index contributed by atoms with van der Waals surface area (Å²) in [6.07, 6.45) is 0. The second kappa shape index (κ2) is 5.74. The first-order chi connectivity index (χ1) is 9.42. The molecule has 0 unspecified atom stereocenters. The summed E-state index contributed by atoms with van der Waals surface area (Å²) < 4.78 is 31.8. The van der Waals surface area contributed by atoms with E-state index < -0.39 is 16.1 Å². The Kier molecular flexibility index (Phi) is 4.22. The number of aromatic nitrogens is 1. The van der Waals surface area contributed by atoms with Crippen molar-refractivity contribution in [2.45, 2.75) is 24.8 Å². The summed E-state index contributed by atoms with van der Waals surface area (Å²) in [7, 11) is -3.67. The molecular weight excluding hydrogens is 278 g/mol. The van der Waals surface area contributed by atoms with Gasteiger partial charge >= 0.3 is 0 Å². The van der Waals surface area contributed by atoms with E-state index in [0.717, 1.165) is 5.56 Å². The third-order valence-corrected chi connectivity index (χ3v) is 4.62. The third-order valence-electron chi connectivity index (χ3n) is 2.96. The molecule has 3 N–H and O–H groups in total. The van der Waals surface area contributed by atoms with Gasteiger partial charge in [0, 0.05) is 12.6 Å². The summed E-state index contributed by atoms with van der Waals surface area (Å²) in [5.74, 6) is 0.267.